The number of carbonyl (C=O) groups is 1. The molecule has 0 fully saturated rings. The molecule has 0 aromatic heterocycles. The molecular weight excluding hydrogens is 224 g/mol. The number of nitrogens with two attached hydrogens (primary N) is 1. The number of hydrogen-bond acceptors (Lipinski definition) is 2. The van der Waals surface area contributed by atoms with Gasteiger partial charge < -0.3 is 11.1 Å². The van der Waals surface area contributed by atoms with Crippen LogP contribution in [-0.4, -0.2) is 11.9 Å². The van der Waals surface area contributed by atoms with Gasteiger partial charge in [-0.05, 0) is 31.0 Å². The first-order chi connectivity index (χ1) is 8.61. The van der Waals surface area contributed by atoms with E-state index in [0.29, 0.717) is 12.1 Å². The summed E-state index contributed by atoms with van der Waals surface area (Å²) in [5.41, 5.74) is 7.36. The summed E-state index contributed by atoms with van der Waals surface area (Å²) in [4.78, 5) is 11.8. The molecule has 3 nitrogen and oxygen atoms in total. The predicted octanol–water partition coefficient (Wildman–Crippen LogP) is 2.90. The third kappa shape index (κ3) is 5.71. The molecule has 1 rings (SSSR count). The van der Waals surface area contributed by atoms with Gasteiger partial charge in [-0.2, -0.15) is 0 Å². The van der Waals surface area contributed by atoms with E-state index >= 15 is 0 Å². The number of nitrogen functional groups attached to an aromatic ring is 1. The number of hydrogen-bond donors (Lipinski definition) is 2. The zero-order valence-corrected chi connectivity index (χ0v) is 11.4. The molecular formula is C15H24N2O. The van der Waals surface area contributed by atoms with Gasteiger partial charge in [0.2, 0.25) is 5.91 Å². The molecule has 0 spiro atoms. The van der Waals surface area contributed by atoms with E-state index < -0.39 is 0 Å². The van der Waals surface area contributed by atoms with E-state index in [0.717, 1.165) is 12.0 Å². The summed E-state index contributed by atoms with van der Waals surface area (Å²) >= 11 is 0. The van der Waals surface area contributed by atoms with E-state index in [4.69, 9.17) is 5.73 Å². The maximum Gasteiger partial charge on any atom is 0.224 e. The molecule has 1 unspecified atom stereocenters. The largest absolute Gasteiger partial charge is 0.399 e. The second-order valence-corrected chi connectivity index (χ2v) is 4.89. The Morgan fingerprint density at radius 2 is 2.17 bits per heavy atom. The Bertz CT molecular complexity index is 377. The Morgan fingerprint density at radius 3 is 2.83 bits per heavy atom. The van der Waals surface area contributed by atoms with Crippen LogP contribution in [0.3, 0.4) is 0 Å². The van der Waals surface area contributed by atoms with Crippen molar-refractivity contribution in [3.8, 4) is 0 Å². The fourth-order valence-corrected chi connectivity index (χ4v) is 1.99. The summed E-state index contributed by atoms with van der Waals surface area (Å²) in [5, 5.41) is 3.03. The van der Waals surface area contributed by atoms with Crippen molar-refractivity contribution < 1.29 is 4.79 Å². The number of unbranched alkanes of at least 4 members (excludes halogenated alkanes) is 2. The molecule has 1 atom stereocenters. The highest BCUT2D eigenvalue weighted by Gasteiger charge is 2.07. The molecule has 0 aliphatic rings. The molecule has 100 valence electrons. The second-order valence-electron chi connectivity index (χ2n) is 4.89. The molecule has 1 aromatic rings. The van der Waals surface area contributed by atoms with Crippen molar-refractivity contribution in [2.24, 2.45) is 0 Å². The lowest BCUT2D eigenvalue weighted by molar-refractivity contribution is -0.121. The van der Waals surface area contributed by atoms with Crippen molar-refractivity contribution in [2.45, 2.75) is 52.0 Å². The molecule has 0 aliphatic heterocycles. The van der Waals surface area contributed by atoms with Crippen molar-refractivity contribution in [3.05, 3.63) is 29.8 Å². The Morgan fingerprint density at radius 1 is 1.39 bits per heavy atom. The zero-order chi connectivity index (χ0) is 13.4. The summed E-state index contributed by atoms with van der Waals surface area (Å²) in [6, 6.07) is 7.74. The van der Waals surface area contributed by atoms with Crippen molar-refractivity contribution >= 4 is 11.6 Å². The van der Waals surface area contributed by atoms with Crippen LogP contribution in [0.25, 0.3) is 0 Å². The minimum atomic E-state index is 0.0737. The fraction of sp³-hybridized carbons (Fsp3) is 0.533. The third-order valence-corrected chi connectivity index (χ3v) is 2.96. The first-order valence-electron chi connectivity index (χ1n) is 6.75. The van der Waals surface area contributed by atoms with Crippen LogP contribution in [0.4, 0.5) is 5.69 Å². The Hall–Kier alpha value is -1.51. The number of nitrogens with one attached hydrogen (secondary N) is 1. The predicted molar refractivity (Wildman–Crippen MR) is 76.3 cm³/mol. The number of rotatable bonds is 7. The standard InChI is InChI=1S/C15H24N2O/c1-3-4-5-7-12(2)17-15(18)11-13-8-6-9-14(16)10-13/h6,8-10,12H,3-5,7,11,16H2,1-2H3,(H,17,18). The van der Waals surface area contributed by atoms with Crippen LogP contribution < -0.4 is 11.1 Å². The summed E-state index contributed by atoms with van der Waals surface area (Å²) in [7, 11) is 0. The number of anilines is 1. The molecule has 1 amide bonds. The average molecular weight is 248 g/mol. The molecule has 0 heterocycles. The smallest absolute Gasteiger partial charge is 0.224 e. The van der Waals surface area contributed by atoms with Crippen molar-refractivity contribution in [1.29, 1.82) is 0 Å². The molecule has 0 saturated carbocycles. The molecule has 0 bridgehead atoms. The monoisotopic (exact) mass is 248 g/mol. The summed E-state index contributed by atoms with van der Waals surface area (Å²) in [6.07, 6.45) is 5.08. The lowest BCUT2D eigenvalue weighted by atomic mass is 10.1. The van der Waals surface area contributed by atoms with E-state index in [9.17, 15) is 4.79 Å². The zero-order valence-electron chi connectivity index (χ0n) is 11.4. The third-order valence-electron chi connectivity index (χ3n) is 2.96. The van der Waals surface area contributed by atoms with Gasteiger partial charge in [-0.3, -0.25) is 4.79 Å². The van der Waals surface area contributed by atoms with Gasteiger partial charge >= 0.3 is 0 Å². The highest BCUT2D eigenvalue weighted by molar-refractivity contribution is 5.79. The maximum absolute atomic E-state index is 11.8. The summed E-state index contributed by atoms with van der Waals surface area (Å²) in [6.45, 7) is 4.25. The van der Waals surface area contributed by atoms with E-state index in [-0.39, 0.29) is 11.9 Å². The van der Waals surface area contributed by atoms with Gasteiger partial charge in [0.05, 0.1) is 6.42 Å². The quantitative estimate of drug-likeness (QED) is 0.576. The Kier molecular flexibility index (Phi) is 6.26. The number of benzene rings is 1. The van der Waals surface area contributed by atoms with Crippen LogP contribution in [0.15, 0.2) is 24.3 Å². The highest BCUT2D eigenvalue weighted by Crippen LogP contribution is 2.08. The van der Waals surface area contributed by atoms with Crippen molar-refractivity contribution in [2.75, 3.05) is 5.73 Å². The van der Waals surface area contributed by atoms with E-state index in [1.165, 1.54) is 19.3 Å². The highest BCUT2D eigenvalue weighted by atomic mass is 16.1. The van der Waals surface area contributed by atoms with Gasteiger partial charge in [0, 0.05) is 11.7 Å². The number of carbonyl (C=O) groups excluding carboxylic acids is 1. The average Bonchev–Trinajstić information content (AvgIpc) is 2.29. The van der Waals surface area contributed by atoms with Crippen LogP contribution in [0, 0.1) is 0 Å². The van der Waals surface area contributed by atoms with Gasteiger partial charge in [-0.15, -0.1) is 0 Å². The van der Waals surface area contributed by atoms with Crippen LogP contribution in [0.2, 0.25) is 0 Å². The first-order valence-corrected chi connectivity index (χ1v) is 6.75. The normalized spacial score (nSPS) is 12.1. The Labute approximate surface area is 110 Å². The van der Waals surface area contributed by atoms with Gasteiger partial charge in [0.1, 0.15) is 0 Å². The molecule has 0 aliphatic carbocycles. The maximum atomic E-state index is 11.8. The van der Waals surface area contributed by atoms with Crippen molar-refractivity contribution in [1.82, 2.24) is 5.32 Å². The summed E-state index contributed by atoms with van der Waals surface area (Å²) < 4.78 is 0. The molecule has 1 aromatic carbocycles. The fourth-order valence-electron chi connectivity index (χ4n) is 1.99. The molecule has 3 N–H and O–H groups in total. The van der Waals surface area contributed by atoms with Crippen LogP contribution in [0.5, 0.6) is 0 Å². The van der Waals surface area contributed by atoms with Crippen molar-refractivity contribution in [3.63, 3.8) is 0 Å². The Balaban J connectivity index is 2.32. The topological polar surface area (TPSA) is 55.1 Å². The van der Waals surface area contributed by atoms with Crippen LogP contribution in [-0.2, 0) is 11.2 Å². The van der Waals surface area contributed by atoms with E-state index in [1.54, 1.807) is 0 Å². The van der Waals surface area contributed by atoms with Gasteiger partial charge in [0.25, 0.3) is 0 Å². The second kappa shape index (κ2) is 7.75. The number of amides is 1. The van der Waals surface area contributed by atoms with Gasteiger partial charge in [-0.25, -0.2) is 0 Å². The summed E-state index contributed by atoms with van der Waals surface area (Å²) in [5.74, 6) is 0.0737. The van der Waals surface area contributed by atoms with E-state index in [2.05, 4.69) is 19.2 Å². The molecule has 0 radical (unpaired) electrons. The minimum absolute atomic E-state index is 0.0737. The SMILES string of the molecule is CCCCCC(C)NC(=O)Cc1cccc(N)c1. The molecule has 3 heteroatoms. The molecule has 18 heavy (non-hydrogen) atoms. The van der Waals surface area contributed by atoms with Crippen LogP contribution in [0.1, 0.15) is 45.1 Å². The van der Waals surface area contributed by atoms with E-state index in [1.807, 2.05) is 24.3 Å². The van der Waals surface area contributed by atoms with Gasteiger partial charge in [-0.1, -0.05) is 38.3 Å². The molecule has 0 saturated heterocycles. The minimum Gasteiger partial charge on any atom is -0.399 e. The lowest BCUT2D eigenvalue weighted by Gasteiger charge is -2.13. The first kappa shape index (κ1) is 14.6. The van der Waals surface area contributed by atoms with Gasteiger partial charge in [0.15, 0.2) is 0 Å². The lowest BCUT2D eigenvalue weighted by Crippen LogP contribution is -2.33. The van der Waals surface area contributed by atoms with Crippen LogP contribution >= 0.6 is 0 Å².